The summed E-state index contributed by atoms with van der Waals surface area (Å²) in [5.74, 6) is -0.0485. The van der Waals surface area contributed by atoms with Crippen molar-refractivity contribution in [2.24, 2.45) is 0 Å². The van der Waals surface area contributed by atoms with Gasteiger partial charge in [-0.2, -0.15) is 0 Å². The molecule has 6 nitrogen and oxygen atoms in total. The molecule has 7 heteroatoms. The topological polar surface area (TPSA) is 82.3 Å². The first kappa shape index (κ1) is 18.7. The minimum Gasteiger partial charge on any atom is -0.356 e. The summed E-state index contributed by atoms with van der Waals surface area (Å²) in [6.07, 6.45) is 0.928. The lowest BCUT2D eigenvalue weighted by atomic mass is 9.98. The second kappa shape index (κ2) is 7.41. The van der Waals surface area contributed by atoms with Crippen molar-refractivity contribution in [2.75, 3.05) is 13.1 Å². The van der Waals surface area contributed by atoms with Gasteiger partial charge in [-0.1, -0.05) is 36.4 Å². The van der Waals surface area contributed by atoms with Crippen LogP contribution >= 0.6 is 0 Å². The number of aromatic nitrogens is 1. The highest BCUT2D eigenvalue weighted by atomic mass is 32.2. The summed E-state index contributed by atoms with van der Waals surface area (Å²) in [7, 11) is -3.59. The zero-order valence-electron chi connectivity index (χ0n) is 15.7. The molecule has 1 unspecified atom stereocenters. The van der Waals surface area contributed by atoms with Crippen LogP contribution in [-0.2, 0) is 21.2 Å². The number of para-hydroxylation sites is 1. The Morgan fingerprint density at radius 1 is 1.14 bits per heavy atom. The SMILES string of the molecule is CC1c2[nH]c3ccccc3c2CCN1C(=O)CCNS(=O)(=O)c1ccccc1. The van der Waals surface area contributed by atoms with Gasteiger partial charge in [0, 0.05) is 36.1 Å². The van der Waals surface area contributed by atoms with E-state index < -0.39 is 10.0 Å². The van der Waals surface area contributed by atoms with Crippen molar-refractivity contribution in [3.63, 3.8) is 0 Å². The van der Waals surface area contributed by atoms with Gasteiger partial charge in [-0.05, 0) is 37.1 Å². The second-order valence-electron chi connectivity index (χ2n) is 7.04. The fourth-order valence-electron chi connectivity index (χ4n) is 3.89. The fraction of sp³-hybridized carbons (Fsp3) is 0.286. The van der Waals surface area contributed by atoms with Crippen LogP contribution in [0.5, 0.6) is 0 Å². The maximum absolute atomic E-state index is 12.7. The first-order valence-electron chi connectivity index (χ1n) is 9.41. The van der Waals surface area contributed by atoms with Gasteiger partial charge < -0.3 is 9.88 Å². The number of rotatable bonds is 5. The van der Waals surface area contributed by atoms with Gasteiger partial charge in [0.05, 0.1) is 10.9 Å². The van der Waals surface area contributed by atoms with E-state index in [1.807, 2.05) is 30.0 Å². The van der Waals surface area contributed by atoms with Crippen molar-refractivity contribution in [3.05, 3.63) is 65.9 Å². The summed E-state index contributed by atoms with van der Waals surface area (Å²) in [5, 5.41) is 1.21. The average molecular weight is 398 g/mol. The molecule has 0 spiro atoms. The maximum Gasteiger partial charge on any atom is 0.240 e. The van der Waals surface area contributed by atoms with Gasteiger partial charge >= 0.3 is 0 Å². The van der Waals surface area contributed by atoms with Gasteiger partial charge in [0.15, 0.2) is 0 Å². The normalized spacial score (nSPS) is 16.9. The number of hydrogen-bond donors (Lipinski definition) is 2. The van der Waals surface area contributed by atoms with Gasteiger partial charge in [0.2, 0.25) is 15.9 Å². The number of carbonyl (C=O) groups excluding carboxylic acids is 1. The summed E-state index contributed by atoms with van der Waals surface area (Å²) in [6, 6.07) is 16.3. The Hall–Kier alpha value is -2.64. The molecule has 3 aromatic rings. The number of nitrogens with one attached hydrogen (secondary N) is 2. The highest BCUT2D eigenvalue weighted by molar-refractivity contribution is 7.89. The standard InChI is InChI=1S/C21H23N3O3S/c1-15-21-18(17-9-5-6-10-19(17)23-21)12-14-24(15)20(25)11-13-22-28(26,27)16-7-3-2-4-8-16/h2-10,15,22-23H,11-14H2,1H3. The summed E-state index contributed by atoms with van der Waals surface area (Å²) >= 11 is 0. The molecule has 0 radical (unpaired) electrons. The largest absolute Gasteiger partial charge is 0.356 e. The van der Waals surface area contributed by atoms with E-state index in [1.165, 1.54) is 23.1 Å². The lowest BCUT2D eigenvalue weighted by Gasteiger charge is -2.33. The van der Waals surface area contributed by atoms with E-state index in [9.17, 15) is 13.2 Å². The van der Waals surface area contributed by atoms with Crippen molar-refractivity contribution < 1.29 is 13.2 Å². The van der Waals surface area contributed by atoms with Crippen LogP contribution in [0.3, 0.4) is 0 Å². The number of H-pyrrole nitrogens is 1. The van der Waals surface area contributed by atoms with Crippen LogP contribution in [-0.4, -0.2) is 37.3 Å². The Bertz CT molecular complexity index is 1110. The van der Waals surface area contributed by atoms with Gasteiger partial charge in [0.25, 0.3) is 0 Å². The fourth-order valence-corrected chi connectivity index (χ4v) is 4.94. The molecule has 4 rings (SSSR count). The number of hydrogen-bond acceptors (Lipinski definition) is 3. The number of benzene rings is 2. The first-order valence-corrected chi connectivity index (χ1v) is 10.9. The monoisotopic (exact) mass is 397 g/mol. The zero-order chi connectivity index (χ0) is 19.7. The highest BCUT2D eigenvalue weighted by Gasteiger charge is 2.30. The third-order valence-electron chi connectivity index (χ3n) is 5.34. The molecule has 0 aliphatic carbocycles. The Morgan fingerprint density at radius 3 is 2.64 bits per heavy atom. The van der Waals surface area contributed by atoms with Crippen molar-refractivity contribution in [1.82, 2.24) is 14.6 Å². The van der Waals surface area contributed by atoms with Gasteiger partial charge in [-0.15, -0.1) is 0 Å². The molecule has 2 aromatic carbocycles. The third-order valence-corrected chi connectivity index (χ3v) is 6.82. The maximum atomic E-state index is 12.7. The summed E-state index contributed by atoms with van der Waals surface area (Å²) < 4.78 is 27.1. The molecule has 1 aliphatic heterocycles. The van der Waals surface area contributed by atoms with E-state index in [0.717, 1.165) is 17.6 Å². The van der Waals surface area contributed by atoms with Crippen molar-refractivity contribution in [1.29, 1.82) is 0 Å². The predicted octanol–water partition coefficient (Wildman–Crippen LogP) is 2.98. The lowest BCUT2D eigenvalue weighted by Crippen LogP contribution is -2.40. The van der Waals surface area contributed by atoms with E-state index in [1.54, 1.807) is 18.2 Å². The molecule has 0 saturated heterocycles. The molecule has 0 saturated carbocycles. The predicted molar refractivity (Wildman–Crippen MR) is 108 cm³/mol. The Kier molecular flexibility index (Phi) is 4.95. The molecule has 0 bridgehead atoms. The van der Waals surface area contributed by atoms with Crippen LogP contribution in [0.25, 0.3) is 10.9 Å². The molecule has 1 amide bonds. The van der Waals surface area contributed by atoms with E-state index in [2.05, 4.69) is 15.8 Å². The average Bonchev–Trinajstić information content (AvgIpc) is 3.08. The quantitative estimate of drug-likeness (QED) is 0.694. The van der Waals surface area contributed by atoms with Crippen molar-refractivity contribution in [3.8, 4) is 0 Å². The smallest absolute Gasteiger partial charge is 0.240 e. The lowest BCUT2D eigenvalue weighted by molar-refractivity contribution is -0.133. The number of nitrogens with zero attached hydrogens (tertiary/aromatic N) is 1. The highest BCUT2D eigenvalue weighted by Crippen LogP contribution is 2.34. The molecule has 1 aliphatic rings. The minimum absolute atomic E-state index is 0.0485. The molecule has 2 heterocycles. The van der Waals surface area contributed by atoms with Crippen LogP contribution in [0.15, 0.2) is 59.5 Å². The van der Waals surface area contributed by atoms with E-state index in [4.69, 9.17) is 0 Å². The number of amides is 1. The molecule has 0 fully saturated rings. The number of sulfonamides is 1. The van der Waals surface area contributed by atoms with Gasteiger partial charge in [0.1, 0.15) is 0 Å². The number of fused-ring (bicyclic) bond motifs is 3. The number of carbonyl (C=O) groups is 1. The molecule has 1 atom stereocenters. The molecule has 28 heavy (non-hydrogen) atoms. The van der Waals surface area contributed by atoms with Crippen molar-refractivity contribution in [2.45, 2.75) is 30.7 Å². The van der Waals surface area contributed by atoms with Crippen LogP contribution in [0.2, 0.25) is 0 Å². The second-order valence-corrected chi connectivity index (χ2v) is 8.80. The minimum atomic E-state index is -3.59. The van der Waals surface area contributed by atoms with Crippen LogP contribution < -0.4 is 4.72 Å². The Labute approximate surface area is 164 Å². The van der Waals surface area contributed by atoms with Crippen molar-refractivity contribution >= 4 is 26.8 Å². The summed E-state index contributed by atoms with van der Waals surface area (Å²) in [6.45, 7) is 2.73. The first-order chi connectivity index (χ1) is 13.5. The van der Waals surface area contributed by atoms with E-state index >= 15 is 0 Å². The molecular formula is C21H23N3O3S. The Morgan fingerprint density at radius 2 is 1.86 bits per heavy atom. The van der Waals surface area contributed by atoms with Crippen LogP contribution in [0.4, 0.5) is 0 Å². The molecule has 146 valence electrons. The Balaban J connectivity index is 1.42. The van der Waals surface area contributed by atoms with E-state index in [0.29, 0.717) is 6.54 Å². The number of aromatic amines is 1. The van der Waals surface area contributed by atoms with Gasteiger partial charge in [-0.3, -0.25) is 4.79 Å². The summed E-state index contributed by atoms with van der Waals surface area (Å²) in [5.41, 5.74) is 3.44. The third kappa shape index (κ3) is 3.43. The molecule has 2 N–H and O–H groups in total. The van der Waals surface area contributed by atoms with Crippen LogP contribution in [0, 0.1) is 0 Å². The van der Waals surface area contributed by atoms with Gasteiger partial charge in [-0.25, -0.2) is 13.1 Å². The molecular weight excluding hydrogens is 374 g/mol. The zero-order valence-corrected chi connectivity index (χ0v) is 16.5. The van der Waals surface area contributed by atoms with E-state index in [-0.39, 0.29) is 29.8 Å². The van der Waals surface area contributed by atoms with Crippen LogP contribution in [0.1, 0.15) is 30.6 Å². The summed E-state index contributed by atoms with van der Waals surface area (Å²) in [4.78, 5) is 18.2. The molecule has 1 aromatic heterocycles.